The molecule has 1 heterocycles. The second-order valence-electron chi connectivity index (χ2n) is 2.00. The average Bonchev–Trinajstić information content (AvgIpc) is 2.13. The van der Waals surface area contributed by atoms with Gasteiger partial charge in [0, 0.05) is 6.20 Å². The van der Waals surface area contributed by atoms with Crippen molar-refractivity contribution in [1.82, 2.24) is 0 Å². The Balaban J connectivity index is 2.49. The van der Waals surface area contributed by atoms with E-state index in [9.17, 15) is 0 Å². The molecule has 0 spiro atoms. The van der Waals surface area contributed by atoms with E-state index >= 15 is 0 Å². The first-order valence-electron chi connectivity index (χ1n) is 3.19. The summed E-state index contributed by atoms with van der Waals surface area (Å²) in [6.45, 7) is 0. The fourth-order valence-corrected chi connectivity index (χ4v) is 1.32. The molecule has 9 heavy (non-hydrogen) atoms. The highest BCUT2D eigenvalue weighted by Gasteiger charge is 1.96. The first kappa shape index (κ1) is 6.87. The normalized spacial score (nSPS) is 19.0. The third kappa shape index (κ3) is 2.22. The van der Waals surface area contributed by atoms with Gasteiger partial charge in [-0.15, -0.1) is 11.8 Å². The van der Waals surface area contributed by atoms with Gasteiger partial charge in [0.15, 0.2) is 0 Å². The Hall–Kier alpha value is -0.240. The molecule has 0 aromatic carbocycles. The molecule has 0 N–H and O–H groups in total. The van der Waals surface area contributed by atoms with Gasteiger partial charge in [-0.3, -0.25) is 4.99 Å². The Morgan fingerprint density at radius 3 is 3.33 bits per heavy atom. The maximum absolute atomic E-state index is 4.24. The zero-order valence-electron chi connectivity index (χ0n) is 5.63. The molecule has 1 aliphatic heterocycles. The van der Waals surface area contributed by atoms with Crippen molar-refractivity contribution in [3.63, 3.8) is 0 Å². The van der Waals surface area contributed by atoms with Crippen LogP contribution in [-0.4, -0.2) is 11.3 Å². The fraction of sp³-hybridized carbons (Fsp3) is 0.571. The summed E-state index contributed by atoms with van der Waals surface area (Å²) in [5.41, 5.74) is 0. The molecule has 0 saturated heterocycles. The predicted molar refractivity (Wildman–Crippen MR) is 43.9 cm³/mol. The highest BCUT2D eigenvalue weighted by Crippen LogP contribution is 2.11. The Morgan fingerprint density at radius 2 is 2.56 bits per heavy atom. The molecule has 0 aliphatic carbocycles. The predicted octanol–water partition coefficient (Wildman–Crippen LogP) is 2.45. The lowest BCUT2D eigenvalue weighted by Crippen LogP contribution is -1.87. The molecule has 0 aromatic heterocycles. The number of hydrogen-bond acceptors (Lipinski definition) is 2. The minimum absolute atomic E-state index is 1.16. The van der Waals surface area contributed by atoms with E-state index in [0.717, 1.165) is 6.42 Å². The summed E-state index contributed by atoms with van der Waals surface area (Å²) >= 11 is 1.76. The van der Waals surface area contributed by atoms with E-state index in [4.69, 9.17) is 0 Å². The van der Waals surface area contributed by atoms with E-state index in [1.54, 1.807) is 11.8 Å². The van der Waals surface area contributed by atoms with Gasteiger partial charge < -0.3 is 0 Å². The molecule has 0 fully saturated rings. The summed E-state index contributed by atoms with van der Waals surface area (Å²) in [5.74, 6) is 0. The largest absolute Gasteiger partial charge is 0.255 e. The molecule has 0 unspecified atom stereocenters. The lowest BCUT2D eigenvalue weighted by atomic mass is 10.2. The van der Waals surface area contributed by atoms with Crippen LogP contribution in [0.2, 0.25) is 0 Å². The molecule has 0 saturated carbocycles. The van der Waals surface area contributed by atoms with E-state index in [-0.39, 0.29) is 0 Å². The van der Waals surface area contributed by atoms with E-state index in [1.807, 2.05) is 6.20 Å². The van der Waals surface area contributed by atoms with Gasteiger partial charge >= 0.3 is 0 Å². The van der Waals surface area contributed by atoms with Crippen molar-refractivity contribution in [3.8, 4) is 0 Å². The minimum atomic E-state index is 1.16. The molecule has 0 atom stereocenters. The first-order chi connectivity index (χ1) is 4.43. The molecule has 1 aliphatic rings. The van der Waals surface area contributed by atoms with E-state index in [1.165, 1.54) is 17.9 Å². The van der Waals surface area contributed by atoms with Crippen molar-refractivity contribution in [2.45, 2.75) is 19.3 Å². The van der Waals surface area contributed by atoms with E-state index in [0.29, 0.717) is 0 Å². The Bertz CT molecular complexity index is 138. The van der Waals surface area contributed by atoms with Crippen LogP contribution in [0.4, 0.5) is 0 Å². The van der Waals surface area contributed by atoms with Gasteiger partial charge in [-0.05, 0) is 25.5 Å². The third-order valence-electron chi connectivity index (χ3n) is 1.32. The summed E-state index contributed by atoms with van der Waals surface area (Å²) in [6, 6.07) is 0. The lowest BCUT2D eigenvalue weighted by Gasteiger charge is -1.94. The topological polar surface area (TPSA) is 12.4 Å². The van der Waals surface area contributed by atoms with Crippen LogP contribution in [0.15, 0.2) is 17.3 Å². The Kier molecular flexibility index (Phi) is 2.84. The molecular formula is C7H11NS. The lowest BCUT2D eigenvalue weighted by molar-refractivity contribution is 0.909. The van der Waals surface area contributed by atoms with Crippen LogP contribution < -0.4 is 0 Å². The molecule has 50 valence electrons. The summed E-state index contributed by atoms with van der Waals surface area (Å²) in [4.78, 5) is 4.24. The molecule has 1 nitrogen and oxygen atoms in total. The van der Waals surface area contributed by atoms with Gasteiger partial charge in [-0.1, -0.05) is 6.08 Å². The Labute approximate surface area is 60.3 Å². The van der Waals surface area contributed by atoms with Crippen LogP contribution >= 0.6 is 11.8 Å². The number of hydrogen-bond donors (Lipinski definition) is 0. The van der Waals surface area contributed by atoms with Gasteiger partial charge in [0.1, 0.15) is 0 Å². The summed E-state index contributed by atoms with van der Waals surface area (Å²) in [7, 11) is 0. The summed E-state index contributed by atoms with van der Waals surface area (Å²) in [5, 5.41) is 1.27. The second-order valence-corrected chi connectivity index (χ2v) is 2.88. The smallest absolute Gasteiger partial charge is 0.0728 e. The zero-order chi connectivity index (χ0) is 6.53. The molecular weight excluding hydrogens is 130 g/mol. The first-order valence-corrected chi connectivity index (χ1v) is 4.41. The van der Waals surface area contributed by atoms with Crippen molar-refractivity contribution in [2.75, 3.05) is 6.26 Å². The highest BCUT2D eigenvalue weighted by atomic mass is 32.2. The van der Waals surface area contributed by atoms with Crippen LogP contribution in [-0.2, 0) is 0 Å². The number of thioether (sulfide) groups is 1. The monoisotopic (exact) mass is 141 g/mol. The number of allylic oxidation sites excluding steroid dienone is 1. The summed E-state index contributed by atoms with van der Waals surface area (Å²) in [6.07, 6.45) is 9.73. The molecule has 1 rings (SSSR count). The third-order valence-corrected chi connectivity index (χ3v) is 2.10. The van der Waals surface area contributed by atoms with Gasteiger partial charge in [0.05, 0.1) is 5.04 Å². The van der Waals surface area contributed by atoms with Crippen molar-refractivity contribution >= 4 is 16.8 Å². The van der Waals surface area contributed by atoms with Crippen LogP contribution in [0.25, 0.3) is 0 Å². The van der Waals surface area contributed by atoms with E-state index < -0.39 is 0 Å². The highest BCUT2D eigenvalue weighted by molar-refractivity contribution is 8.13. The maximum Gasteiger partial charge on any atom is 0.0728 e. The molecule has 0 amide bonds. The van der Waals surface area contributed by atoms with Gasteiger partial charge in [-0.2, -0.15) is 0 Å². The molecule has 0 bridgehead atoms. The SMILES string of the molecule is CSC1=NC=CCCC1. The van der Waals surface area contributed by atoms with Gasteiger partial charge in [0.2, 0.25) is 0 Å². The summed E-state index contributed by atoms with van der Waals surface area (Å²) < 4.78 is 0. The van der Waals surface area contributed by atoms with Gasteiger partial charge in [0.25, 0.3) is 0 Å². The van der Waals surface area contributed by atoms with E-state index in [2.05, 4.69) is 17.3 Å². The van der Waals surface area contributed by atoms with Gasteiger partial charge in [-0.25, -0.2) is 0 Å². The van der Waals surface area contributed by atoms with Crippen LogP contribution in [0.1, 0.15) is 19.3 Å². The van der Waals surface area contributed by atoms with Crippen LogP contribution in [0.3, 0.4) is 0 Å². The van der Waals surface area contributed by atoms with Crippen molar-refractivity contribution in [1.29, 1.82) is 0 Å². The second kappa shape index (κ2) is 3.72. The number of rotatable bonds is 0. The van der Waals surface area contributed by atoms with Crippen molar-refractivity contribution < 1.29 is 0 Å². The molecule has 2 heteroatoms. The van der Waals surface area contributed by atoms with Crippen LogP contribution in [0, 0.1) is 0 Å². The number of aliphatic imine (C=N–C) groups is 1. The minimum Gasteiger partial charge on any atom is -0.255 e. The standard InChI is InChI=1S/C7H11NS/c1-9-7-5-3-2-4-6-8-7/h4,6H,2-3,5H2,1H3. The molecule has 0 radical (unpaired) electrons. The number of nitrogens with zero attached hydrogens (tertiary/aromatic N) is 1. The quantitative estimate of drug-likeness (QED) is 0.504. The molecule has 0 aromatic rings. The average molecular weight is 141 g/mol. The zero-order valence-corrected chi connectivity index (χ0v) is 6.45. The van der Waals surface area contributed by atoms with Crippen LogP contribution in [0.5, 0.6) is 0 Å². The Morgan fingerprint density at radius 1 is 1.67 bits per heavy atom. The van der Waals surface area contributed by atoms with Crippen molar-refractivity contribution in [2.24, 2.45) is 4.99 Å². The fourth-order valence-electron chi connectivity index (χ4n) is 0.801. The van der Waals surface area contributed by atoms with Crippen molar-refractivity contribution in [3.05, 3.63) is 12.3 Å². The maximum atomic E-state index is 4.24.